The summed E-state index contributed by atoms with van der Waals surface area (Å²) in [5, 5.41) is 4.44. The van der Waals surface area contributed by atoms with Crippen molar-refractivity contribution in [1.29, 1.82) is 0 Å². The quantitative estimate of drug-likeness (QED) is 0.478. The van der Waals surface area contributed by atoms with Crippen LogP contribution in [-0.2, 0) is 0 Å². The zero-order valence-electron chi connectivity index (χ0n) is 18.0. The summed E-state index contributed by atoms with van der Waals surface area (Å²) in [7, 11) is 3.04. The lowest BCUT2D eigenvalue weighted by molar-refractivity contribution is 0.0969. The molecule has 0 N–H and O–H groups in total. The van der Waals surface area contributed by atoms with Crippen LogP contribution in [0.25, 0.3) is 11.0 Å². The molecule has 5 rings (SSSR count). The lowest BCUT2D eigenvalue weighted by Crippen LogP contribution is -2.30. The number of ether oxygens (including phenoxy) is 2. The molecule has 8 nitrogen and oxygen atoms in total. The summed E-state index contributed by atoms with van der Waals surface area (Å²) in [6, 6.07) is 11.4. The largest absolute Gasteiger partial charge is 0.493 e. The smallest absolute Gasteiger partial charge is 0.296 e. The van der Waals surface area contributed by atoms with Crippen LogP contribution < -0.4 is 19.8 Å². The fourth-order valence-corrected chi connectivity index (χ4v) is 4.21. The molecule has 8 heteroatoms. The van der Waals surface area contributed by atoms with Crippen LogP contribution in [0.1, 0.15) is 39.0 Å². The molecule has 32 heavy (non-hydrogen) atoms. The highest BCUT2D eigenvalue weighted by atomic mass is 16.5. The Bertz CT molecular complexity index is 1430. The molecule has 1 atom stereocenters. The zero-order chi connectivity index (χ0) is 22.6. The molecule has 0 saturated carbocycles. The average Bonchev–Trinajstić information content (AvgIpc) is 3.34. The van der Waals surface area contributed by atoms with E-state index in [1.165, 1.54) is 19.1 Å². The van der Waals surface area contributed by atoms with Crippen molar-refractivity contribution in [3.05, 3.63) is 80.9 Å². The van der Waals surface area contributed by atoms with E-state index in [9.17, 15) is 9.59 Å². The minimum absolute atomic E-state index is 0.0260. The van der Waals surface area contributed by atoms with Gasteiger partial charge in [-0.05, 0) is 32.0 Å². The highest BCUT2D eigenvalue weighted by Crippen LogP contribution is 2.46. The molecule has 0 spiro atoms. The Balaban J connectivity index is 1.86. The maximum Gasteiger partial charge on any atom is 0.296 e. The van der Waals surface area contributed by atoms with Gasteiger partial charge in [0, 0.05) is 11.6 Å². The van der Waals surface area contributed by atoms with Crippen molar-refractivity contribution in [2.75, 3.05) is 19.1 Å². The monoisotopic (exact) mass is 432 g/mol. The van der Waals surface area contributed by atoms with Gasteiger partial charge in [0.25, 0.3) is 5.91 Å². The summed E-state index contributed by atoms with van der Waals surface area (Å²) in [5.74, 6) is 1.18. The molecule has 0 bridgehead atoms. The number of rotatable bonds is 4. The van der Waals surface area contributed by atoms with Crippen molar-refractivity contribution >= 4 is 22.7 Å². The summed E-state index contributed by atoms with van der Waals surface area (Å²) < 4.78 is 22.3. The fraction of sp³-hybridized carbons (Fsp3) is 0.208. The van der Waals surface area contributed by atoms with E-state index in [1.54, 1.807) is 43.3 Å². The van der Waals surface area contributed by atoms with E-state index in [2.05, 4.69) is 5.16 Å². The van der Waals surface area contributed by atoms with Crippen molar-refractivity contribution in [3.8, 4) is 11.5 Å². The first-order chi connectivity index (χ1) is 15.4. The highest BCUT2D eigenvalue weighted by Gasteiger charge is 2.46. The molecule has 0 aliphatic carbocycles. The molecule has 0 saturated heterocycles. The highest BCUT2D eigenvalue weighted by molar-refractivity contribution is 6.10. The van der Waals surface area contributed by atoms with Crippen molar-refractivity contribution < 1.29 is 23.2 Å². The minimum Gasteiger partial charge on any atom is -0.493 e. The molecule has 1 amide bonds. The molecule has 3 heterocycles. The average molecular weight is 432 g/mol. The molecule has 162 valence electrons. The van der Waals surface area contributed by atoms with Crippen LogP contribution in [0.3, 0.4) is 0 Å². The number of nitrogens with zero attached hydrogens (tertiary/aromatic N) is 2. The van der Waals surface area contributed by atoms with Crippen molar-refractivity contribution in [2.24, 2.45) is 0 Å². The Hall–Kier alpha value is -4.07. The van der Waals surface area contributed by atoms with E-state index in [4.69, 9.17) is 18.4 Å². The molecule has 1 aliphatic rings. The Kier molecular flexibility index (Phi) is 4.51. The topological polar surface area (TPSA) is 95.0 Å². The van der Waals surface area contributed by atoms with Crippen LogP contribution in [0.4, 0.5) is 5.82 Å². The number of methoxy groups -OCH3 is 2. The number of anilines is 1. The van der Waals surface area contributed by atoms with E-state index in [-0.39, 0.29) is 22.6 Å². The van der Waals surface area contributed by atoms with Gasteiger partial charge >= 0.3 is 0 Å². The Morgan fingerprint density at radius 1 is 1.03 bits per heavy atom. The third kappa shape index (κ3) is 2.80. The third-order valence-electron chi connectivity index (χ3n) is 5.62. The van der Waals surface area contributed by atoms with E-state index in [1.807, 2.05) is 13.0 Å². The fourth-order valence-electron chi connectivity index (χ4n) is 4.21. The van der Waals surface area contributed by atoms with Crippen molar-refractivity contribution in [2.45, 2.75) is 19.9 Å². The standard InChI is InChI=1S/C24H20N2O6/c1-12-8-9-16-15(10-12)21(27)19-20(14-6-5-7-17(29-3)22(14)30-4)26(24(28)23(19)31-16)18-11-13(2)32-25-18/h5-11,20H,1-4H3. The molecular weight excluding hydrogens is 412 g/mol. The number of aryl methyl sites for hydroxylation is 2. The van der Waals surface area contributed by atoms with Gasteiger partial charge in [-0.3, -0.25) is 14.5 Å². The lowest BCUT2D eigenvalue weighted by atomic mass is 9.97. The second-order valence-corrected chi connectivity index (χ2v) is 7.63. The van der Waals surface area contributed by atoms with Gasteiger partial charge < -0.3 is 18.4 Å². The van der Waals surface area contributed by atoms with Crippen LogP contribution in [0, 0.1) is 13.8 Å². The second kappa shape index (κ2) is 7.26. The Morgan fingerprint density at radius 3 is 2.53 bits per heavy atom. The number of hydrogen-bond acceptors (Lipinski definition) is 7. The Labute approximate surface area is 182 Å². The second-order valence-electron chi connectivity index (χ2n) is 7.63. The van der Waals surface area contributed by atoms with Crippen LogP contribution in [-0.4, -0.2) is 25.3 Å². The molecule has 0 fully saturated rings. The van der Waals surface area contributed by atoms with Gasteiger partial charge in [0.05, 0.1) is 25.2 Å². The summed E-state index contributed by atoms with van der Waals surface area (Å²) in [5.41, 5.74) is 1.77. The van der Waals surface area contributed by atoms with Crippen LogP contribution >= 0.6 is 0 Å². The van der Waals surface area contributed by atoms with Gasteiger partial charge in [-0.1, -0.05) is 28.9 Å². The molecule has 2 aromatic heterocycles. The summed E-state index contributed by atoms with van der Waals surface area (Å²) in [4.78, 5) is 28.6. The first-order valence-electron chi connectivity index (χ1n) is 9.99. The third-order valence-corrected chi connectivity index (χ3v) is 5.62. The van der Waals surface area contributed by atoms with Gasteiger partial charge in [-0.2, -0.15) is 0 Å². The first-order valence-corrected chi connectivity index (χ1v) is 9.99. The summed E-state index contributed by atoms with van der Waals surface area (Å²) in [6.45, 7) is 3.62. The van der Waals surface area contributed by atoms with E-state index in [0.29, 0.717) is 33.8 Å². The molecule has 0 radical (unpaired) electrons. The minimum atomic E-state index is -0.840. The maximum atomic E-state index is 13.7. The van der Waals surface area contributed by atoms with Crippen molar-refractivity contribution in [1.82, 2.24) is 5.16 Å². The molecule has 4 aromatic rings. The predicted octanol–water partition coefficient (Wildman–Crippen LogP) is 4.16. The number of carbonyl (C=O) groups is 1. The number of benzene rings is 2. The molecule has 2 aromatic carbocycles. The van der Waals surface area contributed by atoms with Gasteiger partial charge in [0.15, 0.2) is 22.7 Å². The number of carbonyl (C=O) groups excluding carboxylic acids is 1. The van der Waals surface area contributed by atoms with E-state index in [0.717, 1.165) is 5.56 Å². The van der Waals surface area contributed by atoms with Crippen molar-refractivity contribution in [3.63, 3.8) is 0 Å². The Morgan fingerprint density at radius 2 is 1.84 bits per heavy atom. The lowest BCUT2D eigenvalue weighted by Gasteiger charge is -2.24. The SMILES string of the molecule is COc1cccc(C2c3c(oc4ccc(C)cc4c3=O)C(=O)N2c2cc(C)on2)c1OC. The maximum absolute atomic E-state index is 13.7. The van der Waals surface area contributed by atoms with Crippen LogP contribution in [0.2, 0.25) is 0 Å². The number of fused-ring (bicyclic) bond motifs is 2. The van der Waals surface area contributed by atoms with E-state index < -0.39 is 11.9 Å². The molecule has 1 aliphatic heterocycles. The normalized spacial score (nSPS) is 15.3. The van der Waals surface area contributed by atoms with Gasteiger partial charge in [0.2, 0.25) is 5.76 Å². The number of amides is 1. The molecule has 1 unspecified atom stereocenters. The number of hydrogen-bond donors (Lipinski definition) is 0. The summed E-state index contributed by atoms with van der Waals surface area (Å²) >= 11 is 0. The van der Waals surface area contributed by atoms with Crippen LogP contribution in [0.15, 0.2) is 56.2 Å². The van der Waals surface area contributed by atoms with Gasteiger partial charge in [0.1, 0.15) is 17.4 Å². The number of aromatic nitrogens is 1. The molecular formula is C24H20N2O6. The first kappa shape index (κ1) is 19.9. The van der Waals surface area contributed by atoms with Gasteiger partial charge in [-0.15, -0.1) is 0 Å². The predicted molar refractivity (Wildman–Crippen MR) is 117 cm³/mol. The van der Waals surface area contributed by atoms with Gasteiger partial charge in [-0.25, -0.2) is 0 Å². The number of para-hydroxylation sites is 1. The van der Waals surface area contributed by atoms with Crippen LogP contribution in [0.5, 0.6) is 11.5 Å². The summed E-state index contributed by atoms with van der Waals surface area (Å²) in [6.07, 6.45) is 0. The van der Waals surface area contributed by atoms with E-state index >= 15 is 0 Å². The zero-order valence-corrected chi connectivity index (χ0v) is 18.0.